The molecule has 1 aliphatic rings. The summed E-state index contributed by atoms with van der Waals surface area (Å²) in [6.07, 6.45) is 6.77. The summed E-state index contributed by atoms with van der Waals surface area (Å²) < 4.78 is 48.1. The summed E-state index contributed by atoms with van der Waals surface area (Å²) in [6, 6.07) is 12.9. The lowest BCUT2D eigenvalue weighted by atomic mass is 9.97. The average molecular weight is 536 g/mol. The molecule has 39 heavy (non-hydrogen) atoms. The van der Waals surface area contributed by atoms with E-state index in [2.05, 4.69) is 15.0 Å². The number of carbonyl (C=O) groups is 1. The number of imidazole rings is 1. The molecule has 5 rings (SSSR count). The van der Waals surface area contributed by atoms with E-state index in [0.717, 1.165) is 18.4 Å². The third kappa shape index (κ3) is 5.89. The van der Waals surface area contributed by atoms with Gasteiger partial charge in [0.1, 0.15) is 5.82 Å². The highest BCUT2D eigenvalue weighted by Gasteiger charge is 2.34. The third-order valence-corrected chi connectivity index (χ3v) is 6.89. The number of aromatic nitrogens is 3. The molecule has 1 saturated carbocycles. The largest absolute Gasteiger partial charge is 0.416 e. The molecule has 0 aliphatic heterocycles. The number of amides is 1. The predicted molar refractivity (Wildman–Crippen MR) is 139 cm³/mol. The van der Waals surface area contributed by atoms with Gasteiger partial charge in [0.05, 0.1) is 12.6 Å². The molecule has 202 valence electrons. The standard InChI is InChI=1S/C29H28F3N5O2/c1-17-12-20(7-8-24(17)30)25(19-5-6-19)35-26(38)22-14-18(16-37-11-10-36(2)29(37)33)13-21(15-22)23-4-3-9-34-27(23)39-28(31)32/h3-4,7-15,19,25,28,33H,5-6,16H2,1-2H3,(H,35,38)/t25-/m0/s1. The summed E-state index contributed by atoms with van der Waals surface area (Å²) in [5.74, 6) is -0.650. The maximum Gasteiger partial charge on any atom is 0.388 e. The molecule has 2 heterocycles. The van der Waals surface area contributed by atoms with Gasteiger partial charge in [-0.2, -0.15) is 8.78 Å². The van der Waals surface area contributed by atoms with E-state index in [9.17, 15) is 18.0 Å². The summed E-state index contributed by atoms with van der Waals surface area (Å²) in [5, 5.41) is 11.4. The number of carbonyl (C=O) groups excluding carboxylic acids is 1. The van der Waals surface area contributed by atoms with Crippen molar-refractivity contribution >= 4 is 5.91 Å². The predicted octanol–water partition coefficient (Wildman–Crippen LogP) is 5.35. The summed E-state index contributed by atoms with van der Waals surface area (Å²) in [4.78, 5) is 17.6. The van der Waals surface area contributed by atoms with Crippen molar-refractivity contribution in [2.45, 2.75) is 39.0 Å². The van der Waals surface area contributed by atoms with E-state index < -0.39 is 6.61 Å². The van der Waals surface area contributed by atoms with Crippen LogP contribution in [0.25, 0.3) is 11.1 Å². The number of benzene rings is 2. The molecule has 1 atom stereocenters. The molecule has 1 fully saturated rings. The molecule has 10 heteroatoms. The zero-order valence-electron chi connectivity index (χ0n) is 21.5. The second-order valence-electron chi connectivity index (χ2n) is 9.81. The van der Waals surface area contributed by atoms with E-state index in [1.165, 1.54) is 12.3 Å². The Bertz CT molecular complexity index is 1580. The second-order valence-corrected chi connectivity index (χ2v) is 9.81. The molecule has 2 N–H and O–H groups in total. The lowest BCUT2D eigenvalue weighted by Gasteiger charge is -2.20. The third-order valence-electron chi connectivity index (χ3n) is 6.89. The highest BCUT2D eigenvalue weighted by atomic mass is 19.3. The van der Waals surface area contributed by atoms with Gasteiger partial charge in [-0.25, -0.2) is 9.37 Å². The molecule has 1 aliphatic carbocycles. The monoisotopic (exact) mass is 535 g/mol. The van der Waals surface area contributed by atoms with Gasteiger partial charge in [0, 0.05) is 36.8 Å². The van der Waals surface area contributed by atoms with E-state index in [0.29, 0.717) is 27.8 Å². The Morgan fingerprint density at radius 1 is 1.18 bits per heavy atom. The summed E-state index contributed by atoms with van der Waals surface area (Å²) >= 11 is 0. The van der Waals surface area contributed by atoms with Crippen LogP contribution < -0.4 is 15.7 Å². The normalized spacial score (nSPS) is 13.9. The molecule has 0 radical (unpaired) electrons. The van der Waals surface area contributed by atoms with Crippen molar-refractivity contribution in [2.75, 3.05) is 0 Å². The number of hydrogen-bond acceptors (Lipinski definition) is 4. The van der Waals surface area contributed by atoms with Crippen molar-refractivity contribution in [3.8, 4) is 17.0 Å². The van der Waals surface area contributed by atoms with Gasteiger partial charge in [-0.3, -0.25) is 10.2 Å². The number of pyridine rings is 1. The van der Waals surface area contributed by atoms with Gasteiger partial charge >= 0.3 is 6.61 Å². The number of nitrogens with zero attached hydrogens (tertiary/aromatic N) is 3. The maximum atomic E-state index is 13.9. The van der Waals surface area contributed by atoms with Gasteiger partial charge in [0.15, 0.2) is 0 Å². The Morgan fingerprint density at radius 3 is 2.64 bits per heavy atom. The van der Waals surface area contributed by atoms with Crippen molar-refractivity contribution in [2.24, 2.45) is 13.0 Å². The molecule has 1 amide bonds. The molecule has 0 unspecified atom stereocenters. The van der Waals surface area contributed by atoms with Crippen molar-refractivity contribution in [1.29, 1.82) is 5.41 Å². The topological polar surface area (TPSA) is 84.9 Å². The molecule has 4 aromatic rings. The van der Waals surface area contributed by atoms with Crippen LogP contribution in [0.1, 0.15) is 45.9 Å². The average Bonchev–Trinajstić information content (AvgIpc) is 3.71. The highest BCUT2D eigenvalue weighted by molar-refractivity contribution is 5.96. The fourth-order valence-corrected chi connectivity index (χ4v) is 4.70. The minimum Gasteiger partial charge on any atom is -0.416 e. The number of hydrogen-bond donors (Lipinski definition) is 2. The van der Waals surface area contributed by atoms with Gasteiger partial charge in [0.2, 0.25) is 11.5 Å². The SMILES string of the molecule is Cc1cc([C@@H](NC(=O)c2cc(Cn3ccn(C)c3=N)cc(-c3cccnc3OC(F)F)c2)C2CC2)ccc1F. The quantitative estimate of drug-likeness (QED) is 0.303. The molecular weight excluding hydrogens is 507 g/mol. The summed E-state index contributed by atoms with van der Waals surface area (Å²) in [5.41, 5.74) is 3.40. The second kappa shape index (κ2) is 10.8. The maximum absolute atomic E-state index is 13.9. The van der Waals surface area contributed by atoms with Gasteiger partial charge in [-0.05, 0) is 84.3 Å². The van der Waals surface area contributed by atoms with Crippen LogP contribution in [0.4, 0.5) is 13.2 Å². The molecule has 0 saturated heterocycles. The highest BCUT2D eigenvalue weighted by Crippen LogP contribution is 2.41. The lowest BCUT2D eigenvalue weighted by Crippen LogP contribution is -2.30. The molecule has 0 spiro atoms. The first-order valence-corrected chi connectivity index (χ1v) is 12.6. The van der Waals surface area contributed by atoms with Crippen LogP contribution in [0.3, 0.4) is 0 Å². The number of rotatable bonds is 9. The van der Waals surface area contributed by atoms with Crippen LogP contribution in [0.15, 0.2) is 67.1 Å². The van der Waals surface area contributed by atoms with Crippen LogP contribution in [-0.4, -0.2) is 26.6 Å². The number of ether oxygens (including phenoxy) is 1. The van der Waals surface area contributed by atoms with Crippen LogP contribution in [0.2, 0.25) is 0 Å². The molecular formula is C29H28F3N5O2. The van der Waals surface area contributed by atoms with Crippen LogP contribution >= 0.6 is 0 Å². The zero-order valence-corrected chi connectivity index (χ0v) is 21.5. The molecule has 2 aromatic heterocycles. The number of alkyl halides is 2. The Labute approximate surface area is 223 Å². The van der Waals surface area contributed by atoms with Crippen molar-refractivity contribution in [3.63, 3.8) is 0 Å². The first-order chi connectivity index (χ1) is 18.7. The molecule has 7 nitrogen and oxygen atoms in total. The Kier molecular flexibility index (Phi) is 7.28. The minimum absolute atomic E-state index is 0.247. The van der Waals surface area contributed by atoms with E-state index in [4.69, 9.17) is 5.41 Å². The Morgan fingerprint density at radius 2 is 1.97 bits per heavy atom. The van der Waals surface area contributed by atoms with Crippen molar-refractivity contribution in [3.05, 3.63) is 101 Å². The minimum atomic E-state index is -3.06. The number of halogens is 3. The lowest BCUT2D eigenvalue weighted by molar-refractivity contribution is -0.0524. The zero-order chi connectivity index (χ0) is 27.7. The first-order valence-electron chi connectivity index (χ1n) is 12.6. The van der Waals surface area contributed by atoms with Crippen molar-refractivity contribution < 1.29 is 22.7 Å². The Hall–Kier alpha value is -4.34. The summed E-state index contributed by atoms with van der Waals surface area (Å²) in [6.45, 7) is -1.09. The van der Waals surface area contributed by atoms with Crippen LogP contribution in [-0.2, 0) is 13.6 Å². The smallest absolute Gasteiger partial charge is 0.388 e. The number of nitrogens with one attached hydrogen (secondary N) is 2. The molecule has 0 bridgehead atoms. The van der Waals surface area contributed by atoms with E-state index >= 15 is 0 Å². The van der Waals surface area contributed by atoms with Gasteiger partial charge < -0.3 is 19.2 Å². The van der Waals surface area contributed by atoms with Gasteiger partial charge in [0.25, 0.3) is 5.91 Å². The summed E-state index contributed by atoms with van der Waals surface area (Å²) in [7, 11) is 1.76. The molecule has 2 aromatic carbocycles. The van der Waals surface area contributed by atoms with E-state index in [1.807, 2.05) is 0 Å². The van der Waals surface area contributed by atoms with Gasteiger partial charge in [-0.15, -0.1) is 0 Å². The van der Waals surface area contributed by atoms with Crippen molar-refractivity contribution in [1.82, 2.24) is 19.4 Å². The fourth-order valence-electron chi connectivity index (χ4n) is 4.70. The fraction of sp³-hybridized carbons (Fsp3) is 0.276. The van der Waals surface area contributed by atoms with E-state index in [1.54, 1.807) is 78.0 Å². The van der Waals surface area contributed by atoms with Crippen LogP contribution in [0, 0.1) is 24.1 Å². The first kappa shape index (κ1) is 26.3. The van der Waals surface area contributed by atoms with Crippen LogP contribution in [0.5, 0.6) is 5.88 Å². The van der Waals surface area contributed by atoms with Gasteiger partial charge in [-0.1, -0.05) is 12.1 Å². The van der Waals surface area contributed by atoms with E-state index in [-0.39, 0.29) is 41.7 Å². The number of aryl methyl sites for hydroxylation is 2. The Balaban J connectivity index is 1.54.